The number of hydrogen-bond acceptors (Lipinski definition) is 6. The van der Waals surface area contributed by atoms with Crippen LogP contribution in [0.3, 0.4) is 0 Å². The fraction of sp³-hybridized carbons (Fsp3) is 0.240. The van der Waals surface area contributed by atoms with Crippen molar-refractivity contribution in [3.63, 3.8) is 0 Å². The van der Waals surface area contributed by atoms with Crippen molar-refractivity contribution in [2.45, 2.75) is 19.8 Å². The second-order valence-corrected chi connectivity index (χ2v) is 8.50. The summed E-state index contributed by atoms with van der Waals surface area (Å²) in [4.78, 5) is 18.1. The molecule has 0 aliphatic rings. The van der Waals surface area contributed by atoms with E-state index in [0.717, 1.165) is 22.3 Å². The number of fused-ring (bicyclic) bond motifs is 1. The zero-order valence-electron chi connectivity index (χ0n) is 19.7. The van der Waals surface area contributed by atoms with Gasteiger partial charge in [-0.25, -0.2) is 8.91 Å². The second-order valence-electron chi connectivity index (χ2n) is 8.50. The van der Waals surface area contributed by atoms with Crippen LogP contribution in [0.25, 0.3) is 16.6 Å². The van der Waals surface area contributed by atoms with Gasteiger partial charge in [0.25, 0.3) is 5.91 Å². The highest BCUT2D eigenvalue weighted by atomic mass is 19.1. The zero-order valence-corrected chi connectivity index (χ0v) is 19.7. The van der Waals surface area contributed by atoms with Crippen LogP contribution in [0, 0.1) is 5.82 Å². The standard InChI is InChI=1S/C25H27FN6O2/c1-14(2)21-13-18(15-7-6-8-17(33)11-15)22-23(27-3)29-25(30-32(21)22)28-20-10-9-16(12-19(20)26)24(34)31(4)5/h6-14,33H,1-5H3,(H2,27,28,29,30). The lowest BCUT2D eigenvalue weighted by molar-refractivity contribution is 0.0827. The molecule has 2 aromatic heterocycles. The number of aromatic nitrogens is 3. The number of phenolic OH excluding ortho intramolecular Hbond substituents is 1. The quantitative estimate of drug-likeness (QED) is 0.379. The molecule has 0 aliphatic carbocycles. The minimum Gasteiger partial charge on any atom is -0.508 e. The van der Waals surface area contributed by atoms with Crippen LogP contribution >= 0.6 is 0 Å². The normalized spacial score (nSPS) is 11.1. The van der Waals surface area contributed by atoms with Crippen molar-refractivity contribution in [3.05, 3.63) is 65.6 Å². The van der Waals surface area contributed by atoms with Crippen molar-refractivity contribution in [3.8, 4) is 16.9 Å². The Balaban J connectivity index is 1.82. The van der Waals surface area contributed by atoms with Gasteiger partial charge in [0.15, 0.2) is 5.82 Å². The van der Waals surface area contributed by atoms with Crippen molar-refractivity contribution in [1.82, 2.24) is 19.5 Å². The fourth-order valence-corrected chi connectivity index (χ4v) is 3.79. The third-order valence-corrected chi connectivity index (χ3v) is 5.49. The summed E-state index contributed by atoms with van der Waals surface area (Å²) in [5.41, 5.74) is 3.79. The molecular formula is C25H27FN6O2. The molecule has 1 amide bonds. The molecule has 9 heteroatoms. The topological polar surface area (TPSA) is 94.8 Å². The SMILES string of the molecule is CNc1nc(Nc2ccc(C(=O)N(C)C)cc2F)nn2c(C(C)C)cc(-c3cccc(O)c3)c12. The molecule has 34 heavy (non-hydrogen) atoms. The van der Waals surface area contributed by atoms with E-state index >= 15 is 0 Å². The average molecular weight is 463 g/mol. The highest BCUT2D eigenvalue weighted by Crippen LogP contribution is 2.36. The van der Waals surface area contributed by atoms with Crippen molar-refractivity contribution < 1.29 is 14.3 Å². The van der Waals surface area contributed by atoms with Crippen LogP contribution in [0.4, 0.5) is 21.8 Å². The molecule has 0 saturated carbocycles. The number of amides is 1. The van der Waals surface area contributed by atoms with E-state index in [2.05, 4.69) is 34.6 Å². The van der Waals surface area contributed by atoms with Gasteiger partial charge >= 0.3 is 0 Å². The number of benzene rings is 2. The van der Waals surface area contributed by atoms with Gasteiger partial charge in [0.1, 0.15) is 17.1 Å². The number of aromatic hydroxyl groups is 1. The van der Waals surface area contributed by atoms with E-state index in [4.69, 9.17) is 0 Å². The number of halogens is 1. The van der Waals surface area contributed by atoms with E-state index in [9.17, 15) is 14.3 Å². The molecule has 0 bridgehead atoms. The monoisotopic (exact) mass is 462 g/mol. The molecule has 0 aliphatic heterocycles. The number of phenols is 1. The lowest BCUT2D eigenvalue weighted by atomic mass is 10.0. The van der Waals surface area contributed by atoms with Gasteiger partial charge in [-0.05, 0) is 47.9 Å². The van der Waals surface area contributed by atoms with Crippen molar-refractivity contribution in [2.75, 3.05) is 31.8 Å². The van der Waals surface area contributed by atoms with Gasteiger partial charge < -0.3 is 20.6 Å². The van der Waals surface area contributed by atoms with Crippen LogP contribution in [0.5, 0.6) is 5.75 Å². The van der Waals surface area contributed by atoms with Crippen LogP contribution in [-0.4, -0.2) is 51.7 Å². The molecule has 2 heterocycles. The van der Waals surface area contributed by atoms with E-state index in [1.54, 1.807) is 49.9 Å². The molecule has 176 valence electrons. The molecule has 0 saturated heterocycles. The van der Waals surface area contributed by atoms with Gasteiger partial charge in [0, 0.05) is 38.0 Å². The molecule has 0 atom stereocenters. The van der Waals surface area contributed by atoms with Crippen molar-refractivity contribution >= 4 is 28.9 Å². The van der Waals surface area contributed by atoms with Gasteiger partial charge in [0.05, 0.1) is 5.69 Å². The molecule has 2 aromatic carbocycles. The Hall–Kier alpha value is -4.14. The fourth-order valence-electron chi connectivity index (χ4n) is 3.79. The predicted octanol–water partition coefficient (Wildman–Crippen LogP) is 4.85. The van der Waals surface area contributed by atoms with E-state index in [-0.39, 0.29) is 34.8 Å². The number of rotatable bonds is 6. The molecule has 4 aromatic rings. The van der Waals surface area contributed by atoms with Gasteiger partial charge in [0.2, 0.25) is 5.95 Å². The first kappa shape index (κ1) is 23.0. The highest BCUT2D eigenvalue weighted by molar-refractivity contribution is 5.94. The lowest BCUT2D eigenvalue weighted by Gasteiger charge is -2.14. The summed E-state index contributed by atoms with van der Waals surface area (Å²) in [6.07, 6.45) is 0. The molecular weight excluding hydrogens is 435 g/mol. The average Bonchev–Trinajstić information content (AvgIpc) is 3.19. The molecule has 3 N–H and O–H groups in total. The number of hydrogen-bond donors (Lipinski definition) is 3. The Bertz CT molecular complexity index is 1380. The van der Waals surface area contributed by atoms with E-state index in [0.29, 0.717) is 5.82 Å². The maximum absolute atomic E-state index is 14.8. The Kier molecular flexibility index (Phi) is 6.10. The predicted molar refractivity (Wildman–Crippen MR) is 131 cm³/mol. The maximum Gasteiger partial charge on any atom is 0.253 e. The zero-order chi connectivity index (χ0) is 24.6. The summed E-state index contributed by atoms with van der Waals surface area (Å²) in [7, 11) is 4.98. The van der Waals surface area contributed by atoms with Gasteiger partial charge in [-0.3, -0.25) is 4.79 Å². The highest BCUT2D eigenvalue weighted by Gasteiger charge is 2.20. The molecule has 0 radical (unpaired) electrons. The molecule has 0 spiro atoms. The Morgan fingerprint density at radius 1 is 1.15 bits per heavy atom. The smallest absolute Gasteiger partial charge is 0.253 e. The first-order valence-electron chi connectivity index (χ1n) is 10.9. The summed E-state index contributed by atoms with van der Waals surface area (Å²) in [6, 6.07) is 13.3. The van der Waals surface area contributed by atoms with Crippen LogP contribution in [-0.2, 0) is 0 Å². The van der Waals surface area contributed by atoms with Crippen molar-refractivity contribution in [1.29, 1.82) is 0 Å². The number of anilines is 3. The minimum atomic E-state index is -0.584. The Morgan fingerprint density at radius 3 is 2.53 bits per heavy atom. The molecule has 8 nitrogen and oxygen atoms in total. The summed E-state index contributed by atoms with van der Waals surface area (Å²) >= 11 is 0. The summed E-state index contributed by atoms with van der Waals surface area (Å²) in [5.74, 6) is 0.178. The molecule has 4 rings (SSSR count). The number of nitrogens with one attached hydrogen (secondary N) is 2. The summed E-state index contributed by atoms with van der Waals surface area (Å²) in [5, 5.41) is 20.7. The number of carbonyl (C=O) groups is 1. The van der Waals surface area contributed by atoms with Gasteiger partial charge in [-0.1, -0.05) is 26.0 Å². The second kappa shape index (κ2) is 9.01. The van der Waals surface area contributed by atoms with Gasteiger partial charge in [-0.15, -0.1) is 5.10 Å². The molecule has 0 unspecified atom stereocenters. The number of nitrogens with zero attached hydrogens (tertiary/aromatic N) is 4. The van der Waals surface area contributed by atoms with Crippen LogP contribution < -0.4 is 10.6 Å². The van der Waals surface area contributed by atoms with E-state index < -0.39 is 5.82 Å². The third-order valence-electron chi connectivity index (χ3n) is 5.49. The minimum absolute atomic E-state index is 0.138. The lowest BCUT2D eigenvalue weighted by Crippen LogP contribution is -2.21. The van der Waals surface area contributed by atoms with Crippen LogP contribution in [0.1, 0.15) is 35.8 Å². The first-order chi connectivity index (χ1) is 16.2. The van der Waals surface area contributed by atoms with Crippen molar-refractivity contribution in [2.24, 2.45) is 0 Å². The van der Waals surface area contributed by atoms with Gasteiger partial charge in [-0.2, -0.15) is 4.98 Å². The summed E-state index contributed by atoms with van der Waals surface area (Å²) < 4.78 is 16.6. The van der Waals surface area contributed by atoms with E-state index in [1.807, 2.05) is 12.1 Å². The largest absolute Gasteiger partial charge is 0.508 e. The Labute approximate surface area is 197 Å². The maximum atomic E-state index is 14.8. The number of carbonyl (C=O) groups excluding carboxylic acids is 1. The Morgan fingerprint density at radius 2 is 1.91 bits per heavy atom. The summed E-state index contributed by atoms with van der Waals surface area (Å²) in [6.45, 7) is 4.12. The van der Waals surface area contributed by atoms with E-state index in [1.165, 1.54) is 17.0 Å². The molecule has 0 fully saturated rings. The van der Waals surface area contributed by atoms with Crippen LogP contribution in [0.2, 0.25) is 0 Å². The first-order valence-corrected chi connectivity index (χ1v) is 10.9. The van der Waals surface area contributed by atoms with Crippen LogP contribution in [0.15, 0.2) is 48.5 Å². The third kappa shape index (κ3) is 4.24.